The van der Waals surface area contributed by atoms with Gasteiger partial charge in [-0.15, -0.1) is 0 Å². The Kier molecular flexibility index (Phi) is 5.14. The van der Waals surface area contributed by atoms with E-state index in [1.165, 1.54) is 0 Å². The third-order valence-electron chi connectivity index (χ3n) is 4.13. The van der Waals surface area contributed by atoms with Gasteiger partial charge in [0.25, 0.3) is 5.91 Å². The highest BCUT2D eigenvalue weighted by molar-refractivity contribution is 5.95. The Morgan fingerprint density at radius 1 is 1.24 bits per heavy atom. The number of amides is 1. The van der Waals surface area contributed by atoms with Crippen molar-refractivity contribution in [3.8, 4) is 5.75 Å². The average molecular weight is 335 g/mol. The minimum Gasteiger partial charge on any atom is -0.496 e. The number of imidazole rings is 1. The van der Waals surface area contributed by atoms with Crippen LogP contribution in [0, 0.1) is 6.92 Å². The van der Waals surface area contributed by atoms with Crippen LogP contribution in [0.4, 0.5) is 0 Å². The van der Waals surface area contributed by atoms with Gasteiger partial charge in [-0.1, -0.05) is 36.4 Å². The van der Waals surface area contributed by atoms with E-state index < -0.39 is 0 Å². The number of carbonyl (C=O) groups excluding carboxylic acids is 1. The molecule has 3 aromatic rings. The molecule has 1 atom stereocenters. The predicted molar refractivity (Wildman–Crippen MR) is 96.7 cm³/mol. The average Bonchev–Trinajstić information content (AvgIpc) is 3.15. The molecule has 1 aromatic heterocycles. The molecule has 0 radical (unpaired) electrons. The SMILES string of the molecule is COc1cc(C(=O)N[C@@H](Cc2ncc[nH]2)c2ccccc2)ccc1C. The molecule has 2 N–H and O–H groups in total. The summed E-state index contributed by atoms with van der Waals surface area (Å²) in [6.45, 7) is 1.95. The first-order valence-electron chi connectivity index (χ1n) is 8.16. The highest BCUT2D eigenvalue weighted by Gasteiger charge is 2.18. The summed E-state index contributed by atoms with van der Waals surface area (Å²) in [5.41, 5.74) is 2.60. The van der Waals surface area contributed by atoms with Crippen LogP contribution < -0.4 is 10.1 Å². The highest BCUT2D eigenvalue weighted by Crippen LogP contribution is 2.21. The van der Waals surface area contributed by atoms with Crippen LogP contribution in [-0.4, -0.2) is 23.0 Å². The first-order chi connectivity index (χ1) is 12.2. The van der Waals surface area contributed by atoms with Crippen molar-refractivity contribution >= 4 is 5.91 Å². The molecular formula is C20H21N3O2. The van der Waals surface area contributed by atoms with E-state index in [2.05, 4.69) is 15.3 Å². The van der Waals surface area contributed by atoms with Crippen LogP contribution in [0.1, 0.15) is 33.4 Å². The van der Waals surface area contributed by atoms with E-state index in [1.54, 1.807) is 25.6 Å². The number of H-pyrrole nitrogens is 1. The molecule has 1 amide bonds. The van der Waals surface area contributed by atoms with Crippen molar-refractivity contribution < 1.29 is 9.53 Å². The lowest BCUT2D eigenvalue weighted by Gasteiger charge is -2.19. The van der Waals surface area contributed by atoms with E-state index in [1.807, 2.05) is 49.4 Å². The number of ether oxygens (including phenoxy) is 1. The summed E-state index contributed by atoms with van der Waals surface area (Å²) >= 11 is 0. The lowest BCUT2D eigenvalue weighted by Crippen LogP contribution is -2.30. The van der Waals surface area contributed by atoms with Gasteiger partial charge in [-0.2, -0.15) is 0 Å². The topological polar surface area (TPSA) is 67.0 Å². The van der Waals surface area contributed by atoms with Crippen LogP contribution in [0.15, 0.2) is 60.9 Å². The molecule has 5 nitrogen and oxygen atoms in total. The van der Waals surface area contributed by atoms with Crippen molar-refractivity contribution in [1.82, 2.24) is 15.3 Å². The molecule has 25 heavy (non-hydrogen) atoms. The maximum Gasteiger partial charge on any atom is 0.251 e. The van der Waals surface area contributed by atoms with Crippen molar-refractivity contribution in [2.45, 2.75) is 19.4 Å². The standard InChI is InChI=1S/C20H21N3O2/c1-14-8-9-16(12-18(14)25-2)20(24)23-17(13-19-21-10-11-22-19)15-6-4-3-5-7-15/h3-12,17H,13H2,1-2H3,(H,21,22)(H,23,24)/t17-/m0/s1. The molecule has 0 saturated carbocycles. The number of benzene rings is 2. The lowest BCUT2D eigenvalue weighted by atomic mass is 10.0. The summed E-state index contributed by atoms with van der Waals surface area (Å²) in [4.78, 5) is 20.1. The minimum absolute atomic E-state index is 0.140. The van der Waals surface area contributed by atoms with E-state index in [0.29, 0.717) is 17.7 Å². The second-order valence-corrected chi connectivity index (χ2v) is 5.86. The first-order valence-corrected chi connectivity index (χ1v) is 8.16. The van der Waals surface area contributed by atoms with Crippen molar-refractivity contribution in [1.29, 1.82) is 0 Å². The maximum atomic E-state index is 12.7. The van der Waals surface area contributed by atoms with Crippen molar-refractivity contribution in [2.24, 2.45) is 0 Å². The number of nitrogens with zero attached hydrogens (tertiary/aromatic N) is 1. The van der Waals surface area contributed by atoms with Crippen LogP contribution in [0.5, 0.6) is 5.75 Å². The number of rotatable bonds is 6. The number of aromatic amines is 1. The Morgan fingerprint density at radius 2 is 2.04 bits per heavy atom. The Hall–Kier alpha value is -3.08. The van der Waals surface area contributed by atoms with Crippen molar-refractivity contribution in [3.63, 3.8) is 0 Å². The minimum atomic E-state index is -0.174. The smallest absolute Gasteiger partial charge is 0.251 e. The molecule has 0 aliphatic carbocycles. The molecule has 0 unspecified atom stereocenters. The molecule has 5 heteroatoms. The van der Waals surface area contributed by atoms with Gasteiger partial charge in [0.15, 0.2) is 0 Å². The normalized spacial score (nSPS) is 11.8. The monoisotopic (exact) mass is 335 g/mol. The summed E-state index contributed by atoms with van der Waals surface area (Å²) in [5.74, 6) is 1.39. The zero-order valence-corrected chi connectivity index (χ0v) is 14.3. The summed E-state index contributed by atoms with van der Waals surface area (Å²) < 4.78 is 5.32. The molecule has 0 spiro atoms. The second-order valence-electron chi connectivity index (χ2n) is 5.86. The summed E-state index contributed by atoms with van der Waals surface area (Å²) in [6.07, 6.45) is 4.08. The lowest BCUT2D eigenvalue weighted by molar-refractivity contribution is 0.0936. The van der Waals surface area contributed by atoms with Gasteiger partial charge in [0.1, 0.15) is 11.6 Å². The van der Waals surface area contributed by atoms with Crippen LogP contribution in [0.2, 0.25) is 0 Å². The van der Waals surface area contributed by atoms with Gasteiger partial charge in [-0.05, 0) is 30.2 Å². The summed E-state index contributed by atoms with van der Waals surface area (Å²) in [6, 6.07) is 15.2. The Labute approximate surface area is 147 Å². The second kappa shape index (κ2) is 7.66. The molecule has 0 fully saturated rings. The zero-order valence-electron chi connectivity index (χ0n) is 14.3. The van der Waals surface area contributed by atoms with E-state index >= 15 is 0 Å². The number of aryl methyl sites for hydroxylation is 1. The molecule has 128 valence electrons. The van der Waals surface area contributed by atoms with Crippen molar-refractivity contribution in [3.05, 3.63) is 83.4 Å². The fraction of sp³-hybridized carbons (Fsp3) is 0.200. The third kappa shape index (κ3) is 4.07. The van der Waals surface area contributed by atoms with Crippen LogP contribution in [0.3, 0.4) is 0 Å². The van der Waals surface area contributed by atoms with E-state index in [-0.39, 0.29) is 11.9 Å². The number of aromatic nitrogens is 2. The van der Waals surface area contributed by atoms with Gasteiger partial charge >= 0.3 is 0 Å². The Bertz CT molecular complexity index is 829. The van der Waals surface area contributed by atoms with Gasteiger partial charge in [0.2, 0.25) is 0 Å². The molecule has 1 heterocycles. The first kappa shape index (κ1) is 16.8. The Balaban J connectivity index is 1.83. The van der Waals surface area contributed by atoms with Gasteiger partial charge in [0.05, 0.1) is 13.2 Å². The Morgan fingerprint density at radius 3 is 2.72 bits per heavy atom. The number of nitrogens with one attached hydrogen (secondary N) is 2. The fourth-order valence-electron chi connectivity index (χ4n) is 2.74. The zero-order chi connectivity index (χ0) is 17.6. The summed E-state index contributed by atoms with van der Waals surface area (Å²) in [7, 11) is 1.60. The number of carbonyl (C=O) groups is 1. The molecule has 2 aromatic carbocycles. The van der Waals surface area contributed by atoms with Crippen LogP contribution in [-0.2, 0) is 6.42 Å². The van der Waals surface area contributed by atoms with Crippen molar-refractivity contribution in [2.75, 3.05) is 7.11 Å². The number of hydrogen-bond acceptors (Lipinski definition) is 3. The van der Waals surface area contributed by atoms with Gasteiger partial charge < -0.3 is 15.0 Å². The van der Waals surface area contributed by atoms with E-state index in [9.17, 15) is 4.79 Å². The summed E-state index contributed by atoms with van der Waals surface area (Å²) in [5, 5.41) is 3.10. The largest absolute Gasteiger partial charge is 0.496 e. The van der Waals surface area contributed by atoms with Crippen LogP contribution >= 0.6 is 0 Å². The quantitative estimate of drug-likeness (QED) is 0.725. The highest BCUT2D eigenvalue weighted by atomic mass is 16.5. The maximum absolute atomic E-state index is 12.7. The van der Waals surface area contributed by atoms with E-state index in [0.717, 1.165) is 17.0 Å². The molecule has 0 bridgehead atoms. The molecular weight excluding hydrogens is 314 g/mol. The van der Waals surface area contributed by atoms with E-state index in [4.69, 9.17) is 4.74 Å². The van der Waals surface area contributed by atoms with Gasteiger partial charge in [-0.25, -0.2) is 4.98 Å². The number of methoxy groups -OCH3 is 1. The molecule has 3 rings (SSSR count). The van der Waals surface area contributed by atoms with Gasteiger partial charge in [-0.3, -0.25) is 4.79 Å². The molecule has 0 saturated heterocycles. The van der Waals surface area contributed by atoms with Gasteiger partial charge in [0, 0.05) is 24.4 Å². The predicted octanol–water partition coefficient (Wildman–Crippen LogP) is 3.44. The molecule has 0 aliphatic rings. The fourth-order valence-corrected chi connectivity index (χ4v) is 2.74. The molecule has 0 aliphatic heterocycles. The van der Waals surface area contributed by atoms with Crippen LogP contribution in [0.25, 0.3) is 0 Å². The number of hydrogen-bond donors (Lipinski definition) is 2. The third-order valence-corrected chi connectivity index (χ3v) is 4.13.